The molecule has 0 bridgehead atoms. The molecule has 0 radical (unpaired) electrons. The molecule has 6 nitrogen and oxygen atoms in total. The van der Waals surface area contributed by atoms with Crippen LogP contribution < -0.4 is 5.32 Å². The topological polar surface area (TPSA) is 58.3 Å². The maximum atomic E-state index is 4.53. The lowest BCUT2D eigenvalue weighted by atomic mass is 10.1. The molecular formula is C20H37IN6S2. The summed E-state index contributed by atoms with van der Waals surface area (Å²) in [5.74, 6) is 4.10. The van der Waals surface area contributed by atoms with Gasteiger partial charge in [-0.3, -0.25) is 4.99 Å². The number of halogens is 1. The van der Waals surface area contributed by atoms with Gasteiger partial charge in [0.25, 0.3) is 0 Å². The number of aromatic nitrogens is 3. The first-order chi connectivity index (χ1) is 13.6. The predicted molar refractivity (Wildman–Crippen MR) is 137 cm³/mol. The number of nitrogens with one attached hydrogen (secondary N) is 1. The second kappa shape index (κ2) is 12.6. The van der Waals surface area contributed by atoms with Gasteiger partial charge in [0.1, 0.15) is 5.82 Å². The largest absolute Gasteiger partial charge is 0.356 e. The minimum Gasteiger partial charge on any atom is -0.356 e. The van der Waals surface area contributed by atoms with Gasteiger partial charge in [-0.15, -0.1) is 34.2 Å². The molecule has 1 saturated carbocycles. The maximum absolute atomic E-state index is 4.53. The van der Waals surface area contributed by atoms with E-state index in [9.17, 15) is 0 Å². The number of hydrogen-bond acceptors (Lipinski definition) is 5. The number of rotatable bonds is 7. The summed E-state index contributed by atoms with van der Waals surface area (Å²) in [5, 5.41) is 14.3. The fourth-order valence-corrected chi connectivity index (χ4v) is 6.07. The molecule has 1 unspecified atom stereocenters. The second-order valence-electron chi connectivity index (χ2n) is 8.09. The fraction of sp³-hybridized carbons (Fsp3) is 0.850. The van der Waals surface area contributed by atoms with E-state index in [4.69, 9.17) is 0 Å². The van der Waals surface area contributed by atoms with E-state index >= 15 is 0 Å². The van der Waals surface area contributed by atoms with Crippen molar-refractivity contribution in [1.29, 1.82) is 0 Å². The van der Waals surface area contributed by atoms with Gasteiger partial charge >= 0.3 is 0 Å². The van der Waals surface area contributed by atoms with Crippen molar-refractivity contribution in [3.05, 3.63) is 5.82 Å². The number of aliphatic imine (C=N–C) groups is 1. The monoisotopic (exact) mass is 552 g/mol. The summed E-state index contributed by atoms with van der Waals surface area (Å²) in [6.45, 7) is 7.74. The van der Waals surface area contributed by atoms with Crippen molar-refractivity contribution in [2.45, 2.75) is 68.8 Å². The highest BCUT2D eigenvalue weighted by atomic mass is 127. The highest BCUT2D eigenvalue weighted by Gasteiger charge is 2.25. The van der Waals surface area contributed by atoms with Crippen molar-refractivity contribution in [2.24, 2.45) is 10.9 Å². The lowest BCUT2D eigenvalue weighted by Crippen LogP contribution is -2.49. The van der Waals surface area contributed by atoms with Crippen LogP contribution in [-0.2, 0) is 6.42 Å². The lowest BCUT2D eigenvalue weighted by Gasteiger charge is -2.36. The highest BCUT2D eigenvalue weighted by Crippen LogP contribution is 2.33. The molecule has 1 aliphatic heterocycles. The maximum Gasteiger partial charge on any atom is 0.193 e. The summed E-state index contributed by atoms with van der Waals surface area (Å²) in [5.41, 5.74) is 0. The van der Waals surface area contributed by atoms with Crippen LogP contribution in [0, 0.1) is 5.92 Å². The minimum absolute atomic E-state index is 0. The standard InChI is InChI=1S/C20H36N6S2.HI/c1-15(2)17-14-25(12-13-28-17)19(21-3)22-11-7-10-18-23-24-20(27-4)26(18)16-8-5-6-9-16;/h15-17H,5-14H2,1-4H3,(H,21,22);1H. The predicted octanol–water partition coefficient (Wildman–Crippen LogP) is 4.31. The molecule has 1 aromatic rings. The molecule has 2 fully saturated rings. The summed E-state index contributed by atoms with van der Waals surface area (Å²) in [7, 11) is 1.90. The summed E-state index contributed by atoms with van der Waals surface area (Å²) in [6, 6.07) is 0.604. The Morgan fingerprint density at radius 2 is 2.07 bits per heavy atom. The summed E-state index contributed by atoms with van der Waals surface area (Å²) in [4.78, 5) is 6.96. The molecule has 1 N–H and O–H groups in total. The molecule has 2 aliphatic rings. The Hall–Kier alpha value is -0.160. The minimum atomic E-state index is 0. The van der Waals surface area contributed by atoms with Gasteiger partial charge in [0, 0.05) is 50.1 Å². The van der Waals surface area contributed by atoms with Gasteiger partial charge < -0.3 is 14.8 Å². The van der Waals surface area contributed by atoms with Crippen molar-refractivity contribution in [1.82, 2.24) is 25.0 Å². The molecule has 9 heteroatoms. The summed E-state index contributed by atoms with van der Waals surface area (Å²) < 4.78 is 2.42. The van der Waals surface area contributed by atoms with Crippen LogP contribution in [0.1, 0.15) is 57.8 Å². The van der Waals surface area contributed by atoms with Gasteiger partial charge in [-0.25, -0.2) is 0 Å². The Morgan fingerprint density at radius 3 is 2.72 bits per heavy atom. The lowest BCUT2D eigenvalue weighted by molar-refractivity contribution is 0.380. The van der Waals surface area contributed by atoms with E-state index in [1.165, 1.54) is 31.4 Å². The average molecular weight is 553 g/mol. The van der Waals surface area contributed by atoms with Gasteiger partial charge in [0.15, 0.2) is 11.1 Å². The zero-order chi connectivity index (χ0) is 19.9. The quantitative estimate of drug-likeness (QED) is 0.179. The van der Waals surface area contributed by atoms with Crippen LogP contribution in [-0.4, -0.2) is 69.6 Å². The molecule has 1 saturated heterocycles. The Bertz CT molecular complexity index is 645. The van der Waals surface area contributed by atoms with E-state index < -0.39 is 0 Å². The van der Waals surface area contributed by atoms with Crippen LogP contribution in [0.15, 0.2) is 10.1 Å². The average Bonchev–Trinajstić information content (AvgIpc) is 3.37. The Labute approximate surface area is 201 Å². The number of nitrogens with zero attached hydrogens (tertiary/aromatic N) is 5. The molecule has 0 spiro atoms. The van der Waals surface area contributed by atoms with E-state index in [2.05, 4.69) is 61.8 Å². The third-order valence-electron chi connectivity index (χ3n) is 5.82. The van der Waals surface area contributed by atoms with Crippen molar-refractivity contribution in [3.63, 3.8) is 0 Å². The molecule has 0 amide bonds. The first kappa shape index (κ1) is 25.1. The molecule has 3 rings (SSSR count). The molecule has 166 valence electrons. The zero-order valence-electron chi connectivity index (χ0n) is 18.3. The highest BCUT2D eigenvalue weighted by molar-refractivity contribution is 14.0. The number of hydrogen-bond donors (Lipinski definition) is 1. The van der Waals surface area contributed by atoms with Crippen LogP contribution in [0.25, 0.3) is 0 Å². The fourth-order valence-electron chi connectivity index (χ4n) is 4.20. The number of aryl methyl sites for hydroxylation is 1. The zero-order valence-corrected chi connectivity index (χ0v) is 22.2. The molecule has 1 atom stereocenters. The SMILES string of the molecule is CN=C(NCCCc1nnc(SC)n1C1CCCC1)N1CCSC(C(C)C)C1.I. The van der Waals surface area contributed by atoms with Crippen LogP contribution >= 0.6 is 47.5 Å². The molecule has 29 heavy (non-hydrogen) atoms. The van der Waals surface area contributed by atoms with Crippen molar-refractivity contribution in [3.8, 4) is 0 Å². The van der Waals surface area contributed by atoms with E-state index in [1.807, 2.05) is 7.05 Å². The molecule has 1 aromatic heterocycles. The van der Waals surface area contributed by atoms with Gasteiger partial charge in [-0.05, 0) is 31.4 Å². The van der Waals surface area contributed by atoms with E-state index in [-0.39, 0.29) is 24.0 Å². The van der Waals surface area contributed by atoms with Crippen LogP contribution in [0.5, 0.6) is 0 Å². The molecular weight excluding hydrogens is 515 g/mol. The van der Waals surface area contributed by atoms with Crippen molar-refractivity contribution >= 4 is 53.5 Å². The van der Waals surface area contributed by atoms with Crippen molar-refractivity contribution < 1.29 is 0 Å². The van der Waals surface area contributed by atoms with Crippen LogP contribution in [0.3, 0.4) is 0 Å². The van der Waals surface area contributed by atoms with Gasteiger partial charge in [0.05, 0.1) is 0 Å². The first-order valence-corrected chi connectivity index (χ1v) is 13.0. The Kier molecular flexibility index (Phi) is 10.9. The van der Waals surface area contributed by atoms with Crippen LogP contribution in [0.2, 0.25) is 0 Å². The second-order valence-corrected chi connectivity index (χ2v) is 10.2. The van der Waals surface area contributed by atoms with Gasteiger partial charge in [-0.2, -0.15) is 11.8 Å². The van der Waals surface area contributed by atoms with Gasteiger partial charge in [-0.1, -0.05) is 38.5 Å². The third-order valence-corrected chi connectivity index (χ3v) is 8.00. The molecule has 1 aliphatic carbocycles. The number of guanidine groups is 1. The normalized spacial score (nSPS) is 20.9. The van der Waals surface area contributed by atoms with Gasteiger partial charge in [0.2, 0.25) is 0 Å². The van der Waals surface area contributed by atoms with E-state index in [0.717, 1.165) is 49.4 Å². The van der Waals surface area contributed by atoms with Crippen LogP contribution in [0.4, 0.5) is 0 Å². The Balaban J connectivity index is 0.00000300. The first-order valence-electron chi connectivity index (χ1n) is 10.7. The summed E-state index contributed by atoms with van der Waals surface area (Å²) in [6.07, 6.45) is 9.33. The van der Waals surface area contributed by atoms with E-state index in [0.29, 0.717) is 17.2 Å². The van der Waals surface area contributed by atoms with Crippen molar-refractivity contribution in [2.75, 3.05) is 38.7 Å². The third kappa shape index (κ3) is 6.66. The number of thioether (sulfide) groups is 2. The molecule has 2 heterocycles. The smallest absolute Gasteiger partial charge is 0.193 e. The summed E-state index contributed by atoms with van der Waals surface area (Å²) >= 11 is 3.82. The molecule has 0 aromatic carbocycles. The Morgan fingerprint density at radius 1 is 1.31 bits per heavy atom. The van der Waals surface area contributed by atoms with E-state index in [1.54, 1.807) is 11.8 Å².